The fraction of sp³-hybridized carbons (Fsp3) is 0.0769. The van der Waals surface area contributed by atoms with Crippen LogP contribution in [0, 0.1) is 5.82 Å². The van der Waals surface area contributed by atoms with Crippen LogP contribution in [-0.4, -0.2) is 39.6 Å². The fourth-order valence-corrected chi connectivity index (χ4v) is 4.14. The zero-order valence-electron chi connectivity index (χ0n) is 18.6. The van der Waals surface area contributed by atoms with Gasteiger partial charge in [-0.05, 0) is 65.4 Å². The van der Waals surface area contributed by atoms with Crippen molar-refractivity contribution in [2.24, 2.45) is 0 Å². The summed E-state index contributed by atoms with van der Waals surface area (Å²) in [4.78, 5) is 49.2. The number of nitrogens with one attached hydrogen (secondary N) is 1. The maximum atomic E-state index is 13.7. The van der Waals surface area contributed by atoms with Gasteiger partial charge in [0.05, 0.1) is 16.2 Å². The summed E-state index contributed by atoms with van der Waals surface area (Å²) < 4.78 is 19.4. The van der Waals surface area contributed by atoms with Crippen LogP contribution in [0.4, 0.5) is 14.9 Å². The monoisotopic (exact) mass is 506 g/mol. The largest absolute Gasteiger partial charge is 0.489 e. The van der Waals surface area contributed by atoms with Gasteiger partial charge in [0.25, 0.3) is 11.1 Å². The number of carboxylic acid groups (broad SMARTS) is 1. The van der Waals surface area contributed by atoms with E-state index in [1.165, 1.54) is 36.4 Å². The van der Waals surface area contributed by atoms with Gasteiger partial charge in [0.15, 0.2) is 0 Å². The molecule has 0 unspecified atom stereocenters. The summed E-state index contributed by atoms with van der Waals surface area (Å²) in [6.45, 7) is -0.361. The number of nitrogens with zero attached hydrogens (tertiary/aromatic N) is 1. The van der Waals surface area contributed by atoms with E-state index in [0.717, 1.165) is 4.90 Å². The van der Waals surface area contributed by atoms with E-state index in [0.29, 0.717) is 28.6 Å². The highest BCUT2D eigenvalue weighted by atomic mass is 32.2. The molecule has 0 atom stereocenters. The first kappa shape index (κ1) is 24.7. The number of thioether (sulfide) groups is 1. The van der Waals surface area contributed by atoms with Crippen LogP contribution in [0.5, 0.6) is 5.75 Å². The van der Waals surface area contributed by atoms with Crippen LogP contribution in [0.15, 0.2) is 77.7 Å². The second-order valence-electron chi connectivity index (χ2n) is 7.66. The lowest BCUT2D eigenvalue weighted by Gasteiger charge is -2.12. The standard InChI is InChI=1S/C26H19FN2O6S/c27-20-6-1-2-7-21(20)28-23(30)14-29-24(31)22(36-26(29)34)13-16-8-10-19(11-9-16)35-15-17-4-3-5-18(12-17)25(32)33/h1-13H,14-15H2,(H,28,30)(H,32,33)/b22-13+. The van der Waals surface area contributed by atoms with E-state index in [1.54, 1.807) is 42.5 Å². The molecule has 0 saturated carbocycles. The quantitative estimate of drug-likeness (QED) is 0.423. The molecule has 1 aliphatic rings. The number of rotatable bonds is 8. The summed E-state index contributed by atoms with van der Waals surface area (Å²) in [5.74, 6) is -2.42. The number of imide groups is 1. The van der Waals surface area contributed by atoms with Crippen molar-refractivity contribution in [1.29, 1.82) is 0 Å². The number of hydrogen-bond acceptors (Lipinski definition) is 6. The molecule has 8 nitrogen and oxygen atoms in total. The second-order valence-corrected chi connectivity index (χ2v) is 8.65. The van der Waals surface area contributed by atoms with Gasteiger partial charge in [-0.1, -0.05) is 36.4 Å². The maximum Gasteiger partial charge on any atom is 0.335 e. The van der Waals surface area contributed by atoms with Crippen molar-refractivity contribution in [3.8, 4) is 5.75 Å². The Balaban J connectivity index is 1.36. The number of carbonyl (C=O) groups is 4. The summed E-state index contributed by atoms with van der Waals surface area (Å²) in [5.41, 5.74) is 1.47. The molecule has 182 valence electrons. The summed E-state index contributed by atoms with van der Waals surface area (Å²) in [6, 6.07) is 18.8. The highest BCUT2D eigenvalue weighted by molar-refractivity contribution is 8.18. The van der Waals surface area contributed by atoms with Gasteiger partial charge in [-0.3, -0.25) is 19.3 Å². The van der Waals surface area contributed by atoms with E-state index in [1.807, 2.05) is 0 Å². The molecule has 0 spiro atoms. The Morgan fingerprint density at radius 2 is 1.78 bits per heavy atom. The van der Waals surface area contributed by atoms with Gasteiger partial charge in [-0.15, -0.1) is 0 Å². The minimum atomic E-state index is -1.02. The molecule has 36 heavy (non-hydrogen) atoms. The number of halogens is 1. The van der Waals surface area contributed by atoms with E-state index in [2.05, 4.69) is 5.32 Å². The number of para-hydroxylation sites is 1. The Morgan fingerprint density at radius 1 is 1.03 bits per heavy atom. The number of carboxylic acids is 1. The molecule has 1 aliphatic heterocycles. The van der Waals surface area contributed by atoms with Gasteiger partial charge in [0.1, 0.15) is 24.7 Å². The fourth-order valence-electron chi connectivity index (χ4n) is 3.30. The van der Waals surface area contributed by atoms with E-state index in [-0.39, 0.29) is 22.8 Å². The topological polar surface area (TPSA) is 113 Å². The Bertz CT molecular complexity index is 1370. The number of ether oxygens (including phenoxy) is 1. The van der Waals surface area contributed by atoms with Gasteiger partial charge in [0.2, 0.25) is 5.91 Å². The van der Waals surface area contributed by atoms with Gasteiger partial charge in [-0.25, -0.2) is 9.18 Å². The zero-order chi connectivity index (χ0) is 25.7. The molecule has 3 aromatic rings. The van der Waals surface area contributed by atoms with Gasteiger partial charge >= 0.3 is 5.97 Å². The molecule has 3 amide bonds. The molecule has 1 heterocycles. The van der Waals surface area contributed by atoms with Crippen molar-refractivity contribution in [1.82, 2.24) is 4.90 Å². The number of carbonyl (C=O) groups excluding carboxylic acids is 3. The van der Waals surface area contributed by atoms with Crippen molar-refractivity contribution in [3.05, 3.63) is 100 Å². The molecule has 0 aromatic heterocycles. The predicted octanol–water partition coefficient (Wildman–Crippen LogP) is 4.78. The molecule has 0 bridgehead atoms. The Kier molecular flexibility index (Phi) is 7.45. The molecule has 4 rings (SSSR count). The first-order valence-electron chi connectivity index (χ1n) is 10.6. The molecule has 1 fully saturated rings. The van der Waals surface area contributed by atoms with E-state index in [4.69, 9.17) is 9.84 Å². The molecular weight excluding hydrogens is 487 g/mol. The smallest absolute Gasteiger partial charge is 0.335 e. The number of aromatic carboxylic acids is 1. The zero-order valence-corrected chi connectivity index (χ0v) is 19.5. The average Bonchev–Trinajstić information content (AvgIpc) is 3.12. The predicted molar refractivity (Wildman–Crippen MR) is 132 cm³/mol. The van der Waals surface area contributed by atoms with E-state index in [9.17, 15) is 23.6 Å². The van der Waals surface area contributed by atoms with Crippen molar-refractivity contribution in [2.45, 2.75) is 6.61 Å². The van der Waals surface area contributed by atoms with E-state index >= 15 is 0 Å². The van der Waals surface area contributed by atoms with E-state index < -0.39 is 35.4 Å². The van der Waals surface area contributed by atoms with Crippen molar-refractivity contribution < 1.29 is 33.4 Å². The normalized spacial score (nSPS) is 14.2. The minimum Gasteiger partial charge on any atom is -0.489 e. The highest BCUT2D eigenvalue weighted by Crippen LogP contribution is 2.32. The Morgan fingerprint density at radius 3 is 2.50 bits per heavy atom. The molecule has 10 heteroatoms. The number of anilines is 1. The summed E-state index contributed by atoms with van der Waals surface area (Å²) in [5, 5.41) is 10.8. The summed E-state index contributed by atoms with van der Waals surface area (Å²) in [6.07, 6.45) is 1.53. The van der Waals surface area contributed by atoms with Crippen LogP contribution >= 0.6 is 11.8 Å². The molecule has 1 saturated heterocycles. The van der Waals surface area contributed by atoms with Crippen LogP contribution in [0.1, 0.15) is 21.5 Å². The van der Waals surface area contributed by atoms with Crippen LogP contribution in [0.2, 0.25) is 0 Å². The maximum absolute atomic E-state index is 13.7. The van der Waals surface area contributed by atoms with Crippen molar-refractivity contribution >= 4 is 46.5 Å². The van der Waals surface area contributed by atoms with Gasteiger partial charge < -0.3 is 15.2 Å². The Labute approximate surface area is 209 Å². The van der Waals surface area contributed by atoms with Crippen molar-refractivity contribution in [3.63, 3.8) is 0 Å². The highest BCUT2D eigenvalue weighted by Gasteiger charge is 2.36. The summed E-state index contributed by atoms with van der Waals surface area (Å²) >= 11 is 0.709. The van der Waals surface area contributed by atoms with Gasteiger partial charge in [-0.2, -0.15) is 0 Å². The third-order valence-electron chi connectivity index (χ3n) is 5.08. The Hall–Kier alpha value is -4.44. The number of benzene rings is 3. The summed E-state index contributed by atoms with van der Waals surface area (Å²) in [7, 11) is 0. The SMILES string of the molecule is O=C(CN1C(=O)S/C(=C/c2ccc(OCc3cccc(C(=O)O)c3)cc2)C1=O)Nc1ccccc1F. The third kappa shape index (κ3) is 5.97. The van der Waals surface area contributed by atoms with Crippen LogP contribution in [-0.2, 0) is 16.2 Å². The number of hydrogen-bond donors (Lipinski definition) is 2. The van der Waals surface area contributed by atoms with Crippen LogP contribution in [0.3, 0.4) is 0 Å². The lowest BCUT2D eigenvalue weighted by Crippen LogP contribution is -2.36. The second kappa shape index (κ2) is 10.9. The lowest BCUT2D eigenvalue weighted by molar-refractivity contribution is -0.127. The van der Waals surface area contributed by atoms with Gasteiger partial charge in [0, 0.05) is 0 Å². The minimum absolute atomic E-state index is 0.0399. The van der Waals surface area contributed by atoms with Crippen LogP contribution in [0.25, 0.3) is 6.08 Å². The van der Waals surface area contributed by atoms with Crippen molar-refractivity contribution in [2.75, 3.05) is 11.9 Å². The first-order chi connectivity index (χ1) is 17.3. The average molecular weight is 507 g/mol. The molecular formula is C26H19FN2O6S. The number of amides is 3. The molecule has 2 N–H and O–H groups in total. The lowest BCUT2D eigenvalue weighted by atomic mass is 10.1. The molecule has 0 aliphatic carbocycles. The molecule has 3 aromatic carbocycles. The van der Waals surface area contributed by atoms with Crippen LogP contribution < -0.4 is 10.1 Å². The molecule has 0 radical (unpaired) electrons. The first-order valence-corrected chi connectivity index (χ1v) is 11.5. The third-order valence-corrected chi connectivity index (χ3v) is 5.99.